The molecule has 0 radical (unpaired) electrons. The van der Waals surface area contributed by atoms with Gasteiger partial charge in [0.15, 0.2) is 5.82 Å². The normalized spacial score (nSPS) is 16.8. The Kier molecular flexibility index (Phi) is 5.13. The summed E-state index contributed by atoms with van der Waals surface area (Å²) in [5, 5.41) is 12.5. The Morgan fingerprint density at radius 3 is 2.48 bits per heavy atom. The van der Waals surface area contributed by atoms with Crippen molar-refractivity contribution in [1.29, 1.82) is 0 Å². The van der Waals surface area contributed by atoms with Crippen LogP contribution in [0.15, 0.2) is 24.3 Å². The Bertz CT molecular complexity index is 717. The molecular weight excluding hydrogens is 318 g/mol. The van der Waals surface area contributed by atoms with Crippen molar-refractivity contribution < 1.29 is 9.53 Å². The van der Waals surface area contributed by atoms with Gasteiger partial charge in [-0.2, -0.15) is 4.68 Å². The summed E-state index contributed by atoms with van der Waals surface area (Å²) >= 11 is 0. The van der Waals surface area contributed by atoms with Crippen LogP contribution in [0.2, 0.25) is 0 Å². The maximum atomic E-state index is 11.8. The fraction of sp³-hybridized carbons (Fsp3) is 0.556. The molecule has 0 unspecified atom stereocenters. The van der Waals surface area contributed by atoms with E-state index in [1.165, 1.54) is 19.3 Å². The van der Waals surface area contributed by atoms with Crippen LogP contribution in [0, 0.1) is 0 Å². The second-order valence-electron chi connectivity index (χ2n) is 6.67. The number of carbonyl (C=O) groups is 1. The topological polar surface area (TPSA) is 73.1 Å². The van der Waals surface area contributed by atoms with E-state index in [-0.39, 0.29) is 11.5 Å². The summed E-state index contributed by atoms with van der Waals surface area (Å²) in [7, 11) is 4.18. The minimum atomic E-state index is -0.317. The fourth-order valence-electron chi connectivity index (χ4n) is 3.61. The highest BCUT2D eigenvalue weighted by atomic mass is 16.5. The van der Waals surface area contributed by atoms with Crippen LogP contribution in [0.25, 0.3) is 5.69 Å². The molecule has 1 heterocycles. The van der Waals surface area contributed by atoms with Gasteiger partial charge in [0.25, 0.3) is 0 Å². The van der Waals surface area contributed by atoms with Crippen LogP contribution >= 0.6 is 0 Å². The van der Waals surface area contributed by atoms with Gasteiger partial charge in [-0.05, 0) is 68.6 Å². The number of hydrogen-bond donors (Lipinski definition) is 0. The molecule has 1 saturated carbocycles. The molecule has 3 rings (SSSR count). The molecule has 1 aromatic heterocycles. The van der Waals surface area contributed by atoms with E-state index < -0.39 is 0 Å². The van der Waals surface area contributed by atoms with Gasteiger partial charge in [-0.1, -0.05) is 19.3 Å². The molecule has 1 fully saturated rings. The van der Waals surface area contributed by atoms with Crippen LogP contribution in [0.4, 0.5) is 0 Å². The number of carbonyl (C=O) groups excluding carboxylic acids is 1. The van der Waals surface area contributed by atoms with E-state index in [9.17, 15) is 4.79 Å². The quantitative estimate of drug-likeness (QED) is 0.777. The van der Waals surface area contributed by atoms with Crippen LogP contribution in [0.3, 0.4) is 0 Å². The maximum absolute atomic E-state index is 11.8. The van der Waals surface area contributed by atoms with Crippen molar-refractivity contribution >= 4 is 5.97 Å². The summed E-state index contributed by atoms with van der Waals surface area (Å²) in [5.41, 5.74) is 1.22. The zero-order chi connectivity index (χ0) is 17.9. The molecule has 134 valence electrons. The first kappa shape index (κ1) is 17.5. The van der Waals surface area contributed by atoms with Crippen molar-refractivity contribution in [3.8, 4) is 5.69 Å². The number of rotatable bonds is 5. The van der Waals surface area contributed by atoms with Gasteiger partial charge in [-0.25, -0.2) is 4.79 Å². The van der Waals surface area contributed by atoms with Crippen molar-refractivity contribution in [2.45, 2.75) is 44.6 Å². The lowest BCUT2D eigenvalue weighted by molar-refractivity contribution is 0.0526. The summed E-state index contributed by atoms with van der Waals surface area (Å²) in [4.78, 5) is 14.1. The monoisotopic (exact) mass is 343 g/mol. The number of benzene rings is 1. The van der Waals surface area contributed by atoms with Gasteiger partial charge >= 0.3 is 5.97 Å². The molecule has 2 aromatic rings. The first-order chi connectivity index (χ1) is 12.1. The number of hydrogen-bond acceptors (Lipinski definition) is 6. The summed E-state index contributed by atoms with van der Waals surface area (Å²) in [6.07, 6.45) is 5.69. The average Bonchev–Trinajstić information content (AvgIpc) is 3.13. The highest BCUT2D eigenvalue weighted by molar-refractivity contribution is 5.89. The van der Waals surface area contributed by atoms with E-state index in [1.807, 2.05) is 12.1 Å². The van der Waals surface area contributed by atoms with E-state index in [4.69, 9.17) is 4.74 Å². The van der Waals surface area contributed by atoms with Crippen LogP contribution in [-0.4, -0.2) is 51.8 Å². The Labute approximate surface area is 148 Å². The molecule has 0 saturated heterocycles. The molecule has 7 nitrogen and oxygen atoms in total. The Balaban J connectivity index is 1.95. The first-order valence-corrected chi connectivity index (χ1v) is 8.82. The Hall–Kier alpha value is -2.28. The van der Waals surface area contributed by atoms with Crippen LogP contribution < -0.4 is 0 Å². The highest BCUT2D eigenvalue weighted by Gasteiger charge is 2.41. The molecule has 25 heavy (non-hydrogen) atoms. The molecule has 1 aromatic carbocycles. The van der Waals surface area contributed by atoms with Gasteiger partial charge < -0.3 is 4.74 Å². The van der Waals surface area contributed by atoms with Gasteiger partial charge in [0.2, 0.25) is 0 Å². The van der Waals surface area contributed by atoms with E-state index in [0.29, 0.717) is 12.2 Å². The summed E-state index contributed by atoms with van der Waals surface area (Å²) in [6, 6.07) is 7.22. The van der Waals surface area contributed by atoms with Crippen molar-refractivity contribution in [1.82, 2.24) is 25.1 Å². The van der Waals surface area contributed by atoms with Crippen molar-refractivity contribution in [2.75, 3.05) is 20.7 Å². The second-order valence-corrected chi connectivity index (χ2v) is 6.67. The number of tetrazole rings is 1. The van der Waals surface area contributed by atoms with Crippen LogP contribution in [0.5, 0.6) is 0 Å². The molecular formula is C18H25N5O2. The molecule has 0 N–H and O–H groups in total. The Morgan fingerprint density at radius 1 is 1.20 bits per heavy atom. The summed E-state index contributed by atoms with van der Waals surface area (Å²) < 4.78 is 6.82. The molecule has 0 amide bonds. The zero-order valence-electron chi connectivity index (χ0n) is 15.1. The van der Waals surface area contributed by atoms with Gasteiger partial charge in [0.1, 0.15) is 0 Å². The predicted octanol–water partition coefficient (Wildman–Crippen LogP) is 2.56. The van der Waals surface area contributed by atoms with E-state index in [2.05, 4.69) is 34.5 Å². The maximum Gasteiger partial charge on any atom is 0.338 e. The van der Waals surface area contributed by atoms with Crippen molar-refractivity contribution in [3.63, 3.8) is 0 Å². The molecule has 0 spiro atoms. The summed E-state index contributed by atoms with van der Waals surface area (Å²) in [6.45, 7) is 2.16. The second kappa shape index (κ2) is 7.31. The van der Waals surface area contributed by atoms with Gasteiger partial charge in [-0.15, -0.1) is 5.10 Å². The van der Waals surface area contributed by atoms with Gasteiger partial charge in [-0.3, -0.25) is 4.90 Å². The Morgan fingerprint density at radius 2 is 1.88 bits per heavy atom. The minimum Gasteiger partial charge on any atom is -0.462 e. The lowest BCUT2D eigenvalue weighted by atomic mass is 9.80. The predicted molar refractivity (Wildman–Crippen MR) is 93.6 cm³/mol. The van der Waals surface area contributed by atoms with Crippen molar-refractivity contribution in [2.24, 2.45) is 0 Å². The first-order valence-electron chi connectivity index (χ1n) is 8.82. The third-order valence-electron chi connectivity index (χ3n) is 5.05. The molecule has 0 aliphatic heterocycles. The van der Waals surface area contributed by atoms with Gasteiger partial charge in [0, 0.05) is 0 Å². The van der Waals surface area contributed by atoms with Crippen LogP contribution in [-0.2, 0) is 10.3 Å². The SMILES string of the molecule is CCOC(=O)c1ccc(-n2nnnc2C2(N(C)C)CCCCC2)cc1. The lowest BCUT2D eigenvalue weighted by Gasteiger charge is -2.41. The number of ether oxygens (including phenoxy) is 1. The molecule has 1 aliphatic carbocycles. The molecule has 0 bridgehead atoms. The highest BCUT2D eigenvalue weighted by Crippen LogP contribution is 2.40. The third-order valence-corrected chi connectivity index (χ3v) is 5.05. The fourth-order valence-corrected chi connectivity index (χ4v) is 3.61. The van der Waals surface area contributed by atoms with E-state index >= 15 is 0 Å². The standard InChI is InChI=1S/C18H25N5O2/c1-4-25-16(24)14-8-10-15(11-9-14)23-17(19-20-21-23)18(22(2)3)12-6-5-7-13-18/h8-11H,4-7,12-13H2,1-3H3. The third kappa shape index (κ3) is 3.28. The van der Waals surface area contributed by atoms with E-state index in [0.717, 1.165) is 24.4 Å². The molecule has 1 aliphatic rings. The average molecular weight is 343 g/mol. The lowest BCUT2D eigenvalue weighted by Crippen LogP contribution is -2.45. The smallest absolute Gasteiger partial charge is 0.338 e. The van der Waals surface area contributed by atoms with Gasteiger partial charge in [0.05, 0.1) is 23.4 Å². The number of nitrogens with zero attached hydrogens (tertiary/aromatic N) is 5. The minimum absolute atomic E-state index is 0.151. The largest absolute Gasteiger partial charge is 0.462 e. The molecule has 7 heteroatoms. The zero-order valence-corrected chi connectivity index (χ0v) is 15.1. The van der Waals surface area contributed by atoms with E-state index in [1.54, 1.807) is 23.7 Å². The molecule has 0 atom stereocenters. The van der Waals surface area contributed by atoms with Crippen molar-refractivity contribution in [3.05, 3.63) is 35.7 Å². The number of aromatic nitrogens is 4. The van der Waals surface area contributed by atoms with Crippen LogP contribution in [0.1, 0.15) is 55.2 Å². The number of esters is 1. The summed E-state index contributed by atoms with van der Waals surface area (Å²) in [5.74, 6) is 0.545.